The molecule has 0 aromatic heterocycles. The summed E-state index contributed by atoms with van der Waals surface area (Å²) in [6.45, 7) is -0.0792. The van der Waals surface area contributed by atoms with Gasteiger partial charge in [-0.25, -0.2) is 0 Å². The molecule has 0 aliphatic rings. The van der Waals surface area contributed by atoms with Gasteiger partial charge in [-0.3, -0.25) is 9.59 Å². The Labute approximate surface area is 145 Å². The second-order valence-corrected chi connectivity index (χ2v) is 5.18. The van der Waals surface area contributed by atoms with Gasteiger partial charge < -0.3 is 15.3 Å². The normalized spacial score (nSPS) is 10.6. The second-order valence-electron chi connectivity index (χ2n) is 5.18. The summed E-state index contributed by atoms with van der Waals surface area (Å²) < 4.78 is 0. The lowest BCUT2D eigenvalue weighted by molar-refractivity contribution is -0.137. The number of para-hydroxylation sites is 1. The summed E-state index contributed by atoms with van der Waals surface area (Å²) in [5.41, 5.74) is 1.65. The summed E-state index contributed by atoms with van der Waals surface area (Å²) >= 11 is 0. The standard InChI is InChI=1S/C19H17N3O3/c20-11-16(19(25)21-12-18(23)24)14-22(17-9-5-2-6-10-17)13-15-7-3-1-4-8-15/h1-10,14H,12-13H2,(H,21,25)(H,23,24)/b16-14-. The van der Waals surface area contributed by atoms with Gasteiger partial charge in [0.2, 0.25) is 0 Å². The molecule has 126 valence electrons. The smallest absolute Gasteiger partial charge is 0.322 e. The van der Waals surface area contributed by atoms with Crippen molar-refractivity contribution in [2.75, 3.05) is 11.4 Å². The highest BCUT2D eigenvalue weighted by molar-refractivity contribution is 5.98. The quantitative estimate of drug-likeness (QED) is 0.598. The van der Waals surface area contributed by atoms with E-state index in [0.29, 0.717) is 6.54 Å². The molecule has 2 rings (SSSR count). The number of nitrogens with one attached hydrogen (secondary N) is 1. The average molecular weight is 335 g/mol. The predicted octanol–water partition coefficient (Wildman–Crippen LogP) is 2.30. The number of benzene rings is 2. The van der Waals surface area contributed by atoms with Crippen LogP contribution in [0.25, 0.3) is 0 Å². The molecule has 2 aromatic rings. The van der Waals surface area contributed by atoms with E-state index in [1.165, 1.54) is 6.20 Å². The van der Waals surface area contributed by atoms with Crippen molar-refractivity contribution in [3.8, 4) is 6.07 Å². The first-order chi connectivity index (χ1) is 12.1. The van der Waals surface area contributed by atoms with Crippen molar-refractivity contribution in [3.63, 3.8) is 0 Å². The van der Waals surface area contributed by atoms with E-state index in [1.807, 2.05) is 66.7 Å². The fraction of sp³-hybridized carbons (Fsp3) is 0.105. The molecule has 0 bridgehead atoms. The molecule has 0 spiro atoms. The van der Waals surface area contributed by atoms with Crippen LogP contribution in [-0.4, -0.2) is 23.5 Å². The first kappa shape index (κ1) is 17.8. The van der Waals surface area contributed by atoms with Gasteiger partial charge in [-0.15, -0.1) is 0 Å². The van der Waals surface area contributed by atoms with Crippen LogP contribution in [0, 0.1) is 11.3 Å². The number of carbonyl (C=O) groups excluding carboxylic acids is 1. The number of carbonyl (C=O) groups is 2. The van der Waals surface area contributed by atoms with E-state index in [-0.39, 0.29) is 5.57 Å². The van der Waals surface area contributed by atoms with Crippen LogP contribution in [0.2, 0.25) is 0 Å². The maximum absolute atomic E-state index is 12.0. The summed E-state index contributed by atoms with van der Waals surface area (Å²) in [7, 11) is 0. The van der Waals surface area contributed by atoms with E-state index in [4.69, 9.17) is 5.11 Å². The number of carboxylic acid groups (broad SMARTS) is 1. The highest BCUT2D eigenvalue weighted by Gasteiger charge is 2.13. The van der Waals surface area contributed by atoms with Crippen LogP contribution < -0.4 is 10.2 Å². The highest BCUT2D eigenvalue weighted by atomic mass is 16.4. The van der Waals surface area contributed by atoms with Crippen molar-refractivity contribution >= 4 is 17.6 Å². The van der Waals surface area contributed by atoms with Gasteiger partial charge in [0.25, 0.3) is 5.91 Å². The zero-order valence-electron chi connectivity index (χ0n) is 13.4. The molecule has 6 heteroatoms. The van der Waals surface area contributed by atoms with Gasteiger partial charge in [0, 0.05) is 18.4 Å². The molecule has 0 atom stereocenters. The second kappa shape index (κ2) is 8.89. The molecule has 0 aliphatic carbocycles. The number of anilines is 1. The third kappa shape index (κ3) is 5.52. The van der Waals surface area contributed by atoms with Crippen LogP contribution >= 0.6 is 0 Å². The van der Waals surface area contributed by atoms with Crippen molar-refractivity contribution in [1.29, 1.82) is 5.26 Å². The lowest BCUT2D eigenvalue weighted by Gasteiger charge is -2.21. The third-order valence-electron chi connectivity index (χ3n) is 3.33. The average Bonchev–Trinajstić information content (AvgIpc) is 2.64. The summed E-state index contributed by atoms with van der Waals surface area (Å²) in [6.07, 6.45) is 1.43. The summed E-state index contributed by atoms with van der Waals surface area (Å²) in [5, 5.41) is 20.1. The first-order valence-electron chi connectivity index (χ1n) is 7.57. The Morgan fingerprint density at radius 1 is 1.08 bits per heavy atom. The van der Waals surface area contributed by atoms with Gasteiger partial charge in [-0.1, -0.05) is 48.5 Å². The van der Waals surface area contributed by atoms with Crippen LogP contribution in [0.4, 0.5) is 5.69 Å². The third-order valence-corrected chi connectivity index (χ3v) is 3.33. The molecule has 0 radical (unpaired) electrons. The minimum Gasteiger partial charge on any atom is -0.480 e. The lowest BCUT2D eigenvalue weighted by Crippen LogP contribution is -2.31. The molecule has 0 heterocycles. The van der Waals surface area contributed by atoms with E-state index in [9.17, 15) is 14.9 Å². The molecule has 25 heavy (non-hydrogen) atoms. The van der Waals surface area contributed by atoms with Gasteiger partial charge in [0.05, 0.1) is 0 Å². The fourth-order valence-electron chi connectivity index (χ4n) is 2.16. The molecule has 6 nitrogen and oxygen atoms in total. The number of carboxylic acids is 1. The van der Waals surface area contributed by atoms with E-state index in [2.05, 4.69) is 5.32 Å². The number of aliphatic carboxylic acids is 1. The van der Waals surface area contributed by atoms with Crippen molar-refractivity contribution in [2.24, 2.45) is 0 Å². The van der Waals surface area contributed by atoms with Gasteiger partial charge >= 0.3 is 5.97 Å². The number of nitriles is 1. The number of nitrogens with zero attached hydrogens (tertiary/aromatic N) is 2. The molecular formula is C19H17N3O3. The van der Waals surface area contributed by atoms with E-state index < -0.39 is 18.4 Å². The maximum Gasteiger partial charge on any atom is 0.322 e. The van der Waals surface area contributed by atoms with Gasteiger partial charge in [0.1, 0.15) is 18.2 Å². The molecule has 0 fully saturated rings. The number of hydrogen-bond acceptors (Lipinski definition) is 4. The lowest BCUT2D eigenvalue weighted by atomic mass is 10.2. The Morgan fingerprint density at radius 2 is 1.68 bits per heavy atom. The van der Waals surface area contributed by atoms with Crippen LogP contribution in [0.1, 0.15) is 5.56 Å². The number of rotatable bonds is 7. The predicted molar refractivity (Wildman–Crippen MR) is 93.4 cm³/mol. The Bertz CT molecular complexity index is 796. The molecule has 2 aromatic carbocycles. The number of hydrogen-bond donors (Lipinski definition) is 2. The largest absolute Gasteiger partial charge is 0.480 e. The monoisotopic (exact) mass is 335 g/mol. The Morgan fingerprint density at radius 3 is 2.24 bits per heavy atom. The van der Waals surface area contributed by atoms with Crippen LogP contribution in [0.5, 0.6) is 0 Å². The van der Waals surface area contributed by atoms with E-state index >= 15 is 0 Å². The molecule has 0 unspecified atom stereocenters. The first-order valence-corrected chi connectivity index (χ1v) is 7.57. The zero-order valence-corrected chi connectivity index (χ0v) is 13.4. The maximum atomic E-state index is 12.0. The minimum absolute atomic E-state index is 0.166. The molecule has 0 saturated heterocycles. The van der Waals surface area contributed by atoms with Crippen LogP contribution in [-0.2, 0) is 16.1 Å². The Hall–Kier alpha value is -3.59. The van der Waals surface area contributed by atoms with Gasteiger partial charge in [-0.05, 0) is 17.7 Å². The van der Waals surface area contributed by atoms with E-state index in [1.54, 1.807) is 4.90 Å². The molecule has 0 saturated carbocycles. The molecule has 2 N–H and O–H groups in total. The summed E-state index contributed by atoms with van der Waals surface area (Å²) in [5.74, 6) is -1.89. The topological polar surface area (TPSA) is 93.4 Å². The molecule has 0 aliphatic heterocycles. The van der Waals surface area contributed by atoms with Crippen molar-refractivity contribution in [3.05, 3.63) is 78.0 Å². The van der Waals surface area contributed by atoms with Crippen molar-refractivity contribution < 1.29 is 14.7 Å². The number of amides is 1. The van der Waals surface area contributed by atoms with E-state index in [0.717, 1.165) is 11.3 Å². The van der Waals surface area contributed by atoms with Crippen molar-refractivity contribution in [2.45, 2.75) is 6.54 Å². The minimum atomic E-state index is -1.17. The molecular weight excluding hydrogens is 318 g/mol. The summed E-state index contributed by atoms with van der Waals surface area (Å²) in [6, 6.07) is 20.8. The van der Waals surface area contributed by atoms with Gasteiger partial charge in [-0.2, -0.15) is 5.26 Å². The SMILES string of the molecule is N#C/C(=C/N(Cc1ccccc1)c1ccccc1)C(=O)NCC(=O)O. The Balaban J connectivity index is 2.29. The van der Waals surface area contributed by atoms with Gasteiger partial charge in [0.15, 0.2) is 0 Å². The molecule has 1 amide bonds. The zero-order chi connectivity index (χ0) is 18.1. The Kier molecular flexibility index (Phi) is 6.32. The fourth-order valence-corrected chi connectivity index (χ4v) is 2.16. The van der Waals surface area contributed by atoms with Crippen LogP contribution in [0.3, 0.4) is 0 Å². The van der Waals surface area contributed by atoms with Crippen molar-refractivity contribution in [1.82, 2.24) is 5.32 Å². The highest BCUT2D eigenvalue weighted by Crippen LogP contribution is 2.18. The van der Waals surface area contributed by atoms with Crippen LogP contribution in [0.15, 0.2) is 72.4 Å². The summed E-state index contributed by atoms with van der Waals surface area (Å²) in [4.78, 5) is 24.4.